The zero-order chi connectivity index (χ0) is 23.8. The molecule has 8 nitrogen and oxygen atoms in total. The standard InChI is InChI=1S/C22H42N2O6/c1-20(2,3)28-17(25)14-24(15-18(26)29-21(4,5)6)16(12-10-11-13-23)19(27)30-22(7,8)9/h16H,10-15,23H2,1-9H3. The summed E-state index contributed by atoms with van der Waals surface area (Å²) in [4.78, 5) is 39.4. The highest BCUT2D eigenvalue weighted by atomic mass is 16.6. The van der Waals surface area contributed by atoms with E-state index in [1.807, 2.05) is 0 Å². The minimum atomic E-state index is -0.796. The molecule has 0 aromatic carbocycles. The van der Waals surface area contributed by atoms with Crippen LogP contribution >= 0.6 is 0 Å². The molecular weight excluding hydrogens is 388 g/mol. The summed E-state index contributed by atoms with van der Waals surface area (Å²) in [5, 5.41) is 0. The zero-order valence-corrected chi connectivity index (χ0v) is 20.3. The third-order valence-electron chi connectivity index (χ3n) is 3.56. The van der Waals surface area contributed by atoms with E-state index in [4.69, 9.17) is 19.9 Å². The number of ether oxygens (including phenoxy) is 3. The van der Waals surface area contributed by atoms with E-state index in [9.17, 15) is 14.4 Å². The second kappa shape index (κ2) is 11.6. The lowest BCUT2D eigenvalue weighted by atomic mass is 10.1. The first-order valence-electron chi connectivity index (χ1n) is 10.5. The summed E-state index contributed by atoms with van der Waals surface area (Å²) < 4.78 is 16.4. The normalized spacial score (nSPS) is 13.7. The van der Waals surface area contributed by atoms with Gasteiger partial charge in [-0.15, -0.1) is 0 Å². The molecule has 8 heteroatoms. The van der Waals surface area contributed by atoms with E-state index in [1.54, 1.807) is 62.3 Å². The minimum absolute atomic E-state index is 0.233. The molecule has 0 aromatic rings. The zero-order valence-electron chi connectivity index (χ0n) is 20.3. The molecule has 0 aliphatic heterocycles. The van der Waals surface area contributed by atoms with Crippen LogP contribution < -0.4 is 5.73 Å². The van der Waals surface area contributed by atoms with Gasteiger partial charge < -0.3 is 19.9 Å². The number of carbonyl (C=O) groups is 3. The molecule has 0 aliphatic carbocycles. The number of nitrogens with zero attached hydrogens (tertiary/aromatic N) is 1. The highest BCUT2D eigenvalue weighted by Crippen LogP contribution is 2.18. The molecule has 1 atom stereocenters. The maximum Gasteiger partial charge on any atom is 0.323 e. The lowest BCUT2D eigenvalue weighted by molar-refractivity contribution is -0.168. The molecule has 0 radical (unpaired) electrons. The van der Waals surface area contributed by atoms with Gasteiger partial charge >= 0.3 is 17.9 Å². The fourth-order valence-corrected chi connectivity index (χ4v) is 2.66. The summed E-state index contributed by atoms with van der Waals surface area (Å²) in [6.45, 7) is 15.9. The van der Waals surface area contributed by atoms with Gasteiger partial charge in [-0.1, -0.05) is 6.42 Å². The van der Waals surface area contributed by atoms with Gasteiger partial charge in [-0.3, -0.25) is 19.3 Å². The van der Waals surface area contributed by atoms with E-state index in [2.05, 4.69) is 0 Å². The monoisotopic (exact) mass is 430 g/mol. The van der Waals surface area contributed by atoms with Gasteiger partial charge in [0.05, 0.1) is 13.1 Å². The largest absolute Gasteiger partial charge is 0.459 e. The molecule has 0 aromatic heterocycles. The van der Waals surface area contributed by atoms with Crippen LogP contribution in [-0.2, 0) is 28.6 Å². The van der Waals surface area contributed by atoms with Crippen LogP contribution in [0, 0.1) is 0 Å². The predicted octanol–water partition coefficient (Wildman–Crippen LogP) is 2.81. The van der Waals surface area contributed by atoms with E-state index in [0.29, 0.717) is 25.8 Å². The van der Waals surface area contributed by atoms with E-state index in [-0.39, 0.29) is 13.1 Å². The average Bonchev–Trinajstić information content (AvgIpc) is 2.45. The number of hydrogen-bond acceptors (Lipinski definition) is 8. The molecular formula is C22H42N2O6. The van der Waals surface area contributed by atoms with Crippen molar-refractivity contribution in [1.82, 2.24) is 4.90 Å². The summed E-state index contributed by atoms with van der Waals surface area (Å²) in [6.07, 6.45) is 1.77. The number of rotatable bonds is 10. The third-order valence-corrected chi connectivity index (χ3v) is 3.56. The van der Waals surface area contributed by atoms with Gasteiger partial charge in [0, 0.05) is 0 Å². The number of nitrogens with two attached hydrogens (primary N) is 1. The molecule has 30 heavy (non-hydrogen) atoms. The second-order valence-corrected chi connectivity index (χ2v) is 10.4. The topological polar surface area (TPSA) is 108 Å². The Labute approximate surface area is 181 Å². The highest BCUT2D eigenvalue weighted by molar-refractivity contribution is 5.80. The summed E-state index contributed by atoms with van der Waals surface area (Å²) in [7, 11) is 0. The van der Waals surface area contributed by atoms with E-state index in [0.717, 1.165) is 0 Å². The average molecular weight is 431 g/mol. The summed E-state index contributed by atoms with van der Waals surface area (Å²) in [5.41, 5.74) is 3.52. The van der Waals surface area contributed by atoms with Crippen LogP contribution in [0.2, 0.25) is 0 Å². The third kappa shape index (κ3) is 14.3. The Kier molecular flexibility index (Phi) is 11.0. The van der Waals surface area contributed by atoms with Crippen LogP contribution in [0.25, 0.3) is 0 Å². The SMILES string of the molecule is CC(C)(C)OC(=O)CN(CC(=O)OC(C)(C)C)C(CCCCN)C(=O)OC(C)(C)C. The van der Waals surface area contributed by atoms with Crippen molar-refractivity contribution in [2.45, 2.75) is 104 Å². The predicted molar refractivity (Wildman–Crippen MR) is 116 cm³/mol. The van der Waals surface area contributed by atoms with Crippen molar-refractivity contribution in [2.24, 2.45) is 5.73 Å². The molecule has 0 aliphatic rings. The second-order valence-electron chi connectivity index (χ2n) is 10.4. The number of carbonyl (C=O) groups excluding carboxylic acids is 3. The lowest BCUT2D eigenvalue weighted by Gasteiger charge is -2.32. The van der Waals surface area contributed by atoms with E-state index < -0.39 is 40.8 Å². The van der Waals surface area contributed by atoms with Crippen molar-refractivity contribution in [3.63, 3.8) is 0 Å². The van der Waals surface area contributed by atoms with Crippen LogP contribution in [0.1, 0.15) is 81.6 Å². The molecule has 0 spiro atoms. The molecule has 0 saturated heterocycles. The van der Waals surface area contributed by atoms with Gasteiger partial charge in [0.2, 0.25) is 0 Å². The number of hydrogen-bond donors (Lipinski definition) is 1. The first-order valence-corrected chi connectivity index (χ1v) is 10.5. The van der Waals surface area contributed by atoms with Crippen LogP contribution in [0.3, 0.4) is 0 Å². The van der Waals surface area contributed by atoms with Crippen molar-refractivity contribution < 1.29 is 28.6 Å². The van der Waals surface area contributed by atoms with Crippen molar-refractivity contribution >= 4 is 17.9 Å². The van der Waals surface area contributed by atoms with Crippen molar-refractivity contribution in [1.29, 1.82) is 0 Å². The Morgan fingerprint density at radius 2 is 1.13 bits per heavy atom. The van der Waals surface area contributed by atoms with Crippen molar-refractivity contribution in [3.05, 3.63) is 0 Å². The number of unbranched alkanes of at least 4 members (excludes halogenated alkanes) is 1. The highest BCUT2D eigenvalue weighted by Gasteiger charge is 2.34. The quantitative estimate of drug-likeness (QED) is 0.320. The van der Waals surface area contributed by atoms with Crippen LogP contribution in [0.5, 0.6) is 0 Å². The maximum absolute atomic E-state index is 12.9. The molecule has 0 rings (SSSR count). The maximum atomic E-state index is 12.9. The van der Waals surface area contributed by atoms with Gasteiger partial charge in [-0.2, -0.15) is 0 Å². The van der Waals surface area contributed by atoms with E-state index >= 15 is 0 Å². The van der Waals surface area contributed by atoms with E-state index in [1.165, 1.54) is 4.90 Å². The molecule has 0 bridgehead atoms. The summed E-state index contributed by atoms with van der Waals surface area (Å²) in [6, 6.07) is -0.796. The van der Waals surface area contributed by atoms with Gasteiger partial charge in [0.25, 0.3) is 0 Å². The molecule has 2 N–H and O–H groups in total. The number of esters is 3. The minimum Gasteiger partial charge on any atom is -0.459 e. The Bertz CT molecular complexity index is 540. The Morgan fingerprint density at radius 3 is 1.47 bits per heavy atom. The fraction of sp³-hybridized carbons (Fsp3) is 0.864. The summed E-state index contributed by atoms with van der Waals surface area (Å²) >= 11 is 0. The first-order chi connectivity index (χ1) is 13.4. The first kappa shape index (κ1) is 28.3. The Balaban J connectivity index is 5.69. The van der Waals surface area contributed by atoms with Crippen LogP contribution in [0.4, 0.5) is 0 Å². The van der Waals surface area contributed by atoms with Gasteiger partial charge in [0.1, 0.15) is 22.8 Å². The molecule has 0 saturated carbocycles. The molecule has 176 valence electrons. The van der Waals surface area contributed by atoms with Crippen LogP contribution in [-0.4, -0.2) is 65.3 Å². The molecule has 0 fully saturated rings. The molecule has 0 heterocycles. The summed E-state index contributed by atoms with van der Waals surface area (Å²) in [5.74, 6) is -1.55. The van der Waals surface area contributed by atoms with Gasteiger partial charge in [0.15, 0.2) is 0 Å². The van der Waals surface area contributed by atoms with Crippen molar-refractivity contribution in [3.8, 4) is 0 Å². The Hall–Kier alpha value is -1.67. The van der Waals surface area contributed by atoms with Gasteiger partial charge in [-0.05, 0) is 81.7 Å². The Morgan fingerprint density at radius 1 is 0.733 bits per heavy atom. The molecule has 0 amide bonds. The van der Waals surface area contributed by atoms with Gasteiger partial charge in [-0.25, -0.2) is 0 Å². The molecule has 1 unspecified atom stereocenters. The van der Waals surface area contributed by atoms with Crippen molar-refractivity contribution in [2.75, 3.05) is 19.6 Å². The van der Waals surface area contributed by atoms with Crippen LogP contribution in [0.15, 0.2) is 0 Å². The smallest absolute Gasteiger partial charge is 0.323 e. The fourth-order valence-electron chi connectivity index (χ4n) is 2.66. The lowest BCUT2D eigenvalue weighted by Crippen LogP contribution is -2.50.